The molecule has 2 aliphatic rings. The highest BCUT2D eigenvalue weighted by molar-refractivity contribution is 6.08. The van der Waals surface area contributed by atoms with E-state index in [0.717, 1.165) is 4.90 Å². The summed E-state index contributed by atoms with van der Waals surface area (Å²) in [6, 6.07) is 4.11. The van der Waals surface area contributed by atoms with E-state index in [9.17, 15) is 24.6 Å². The molecule has 27 heavy (non-hydrogen) atoms. The Morgan fingerprint density at radius 3 is 2.59 bits per heavy atom. The minimum atomic E-state index is -1.57. The van der Waals surface area contributed by atoms with E-state index in [1.807, 2.05) is 13.8 Å². The highest BCUT2D eigenvalue weighted by Crippen LogP contribution is 2.48. The lowest BCUT2D eigenvalue weighted by atomic mass is 9.75. The first-order valence-corrected chi connectivity index (χ1v) is 8.90. The zero-order valence-electron chi connectivity index (χ0n) is 15.8. The number of rotatable bonds is 5. The van der Waals surface area contributed by atoms with Crippen molar-refractivity contribution in [3.8, 4) is 11.5 Å². The largest absolute Gasteiger partial charge is 0.544 e. The Morgan fingerprint density at radius 1 is 1.37 bits per heavy atom. The molecule has 0 radical (unpaired) electrons. The lowest BCUT2D eigenvalue weighted by Gasteiger charge is -2.33. The van der Waals surface area contributed by atoms with Crippen LogP contribution in [0.2, 0.25) is 0 Å². The van der Waals surface area contributed by atoms with E-state index in [2.05, 4.69) is 0 Å². The zero-order chi connectivity index (χ0) is 20.1. The summed E-state index contributed by atoms with van der Waals surface area (Å²) < 4.78 is 5.13. The Bertz CT molecular complexity index is 807. The lowest BCUT2D eigenvalue weighted by molar-refractivity contribution is -0.740. The van der Waals surface area contributed by atoms with Gasteiger partial charge in [0, 0.05) is 13.5 Å². The molecule has 2 aliphatic heterocycles. The number of amides is 2. The van der Waals surface area contributed by atoms with Crippen LogP contribution in [0.5, 0.6) is 11.5 Å². The number of quaternary nitrogens is 1. The third-order valence-electron chi connectivity index (χ3n) is 5.73. The second-order valence-electron chi connectivity index (χ2n) is 7.76. The first kappa shape index (κ1) is 19.2. The number of carbonyl (C=O) groups excluding carboxylic acids is 3. The minimum absolute atomic E-state index is 0.0359. The molecular formula is C19H24N2O6. The van der Waals surface area contributed by atoms with E-state index in [0.29, 0.717) is 5.56 Å². The van der Waals surface area contributed by atoms with E-state index in [4.69, 9.17) is 4.74 Å². The smallest absolute Gasteiger partial charge is 0.239 e. The molecule has 1 aromatic carbocycles. The topological polar surface area (TPSA) is 124 Å². The molecule has 0 spiro atoms. The zero-order valence-corrected chi connectivity index (χ0v) is 15.8. The number of nitrogens with zero attached hydrogens (tertiary/aromatic N) is 1. The fourth-order valence-electron chi connectivity index (χ4n) is 4.67. The number of aliphatic carboxylic acids is 1. The Hall–Kier alpha value is -2.61. The van der Waals surface area contributed by atoms with Gasteiger partial charge < -0.3 is 25.1 Å². The summed E-state index contributed by atoms with van der Waals surface area (Å²) in [5, 5.41) is 24.3. The van der Waals surface area contributed by atoms with E-state index in [1.54, 1.807) is 18.2 Å². The number of phenols is 1. The van der Waals surface area contributed by atoms with Crippen molar-refractivity contribution in [1.82, 2.24) is 4.90 Å². The molecule has 0 saturated carbocycles. The van der Waals surface area contributed by atoms with Crippen LogP contribution >= 0.6 is 0 Å². The maximum atomic E-state index is 12.8. The monoisotopic (exact) mass is 376 g/mol. The third-order valence-corrected chi connectivity index (χ3v) is 5.73. The lowest BCUT2D eigenvalue weighted by Crippen LogP contribution is -2.99. The number of likely N-dealkylation sites (tertiary alicyclic amines) is 1. The maximum absolute atomic E-state index is 12.8. The molecule has 1 aromatic rings. The fourth-order valence-corrected chi connectivity index (χ4v) is 4.67. The molecule has 146 valence electrons. The van der Waals surface area contributed by atoms with Crippen molar-refractivity contribution in [2.24, 2.45) is 17.8 Å². The predicted molar refractivity (Wildman–Crippen MR) is 91.3 cm³/mol. The average Bonchev–Trinajstić information content (AvgIpc) is 3.05. The molecule has 0 unspecified atom stereocenters. The van der Waals surface area contributed by atoms with Crippen LogP contribution in [0.15, 0.2) is 18.2 Å². The number of nitrogens with two attached hydrogens (primary N) is 1. The fraction of sp³-hybridized carbons (Fsp3) is 0.526. The van der Waals surface area contributed by atoms with Crippen LogP contribution in [0.3, 0.4) is 0 Å². The van der Waals surface area contributed by atoms with Gasteiger partial charge in [-0.1, -0.05) is 19.9 Å². The number of carbonyl (C=O) groups is 3. The van der Waals surface area contributed by atoms with Crippen molar-refractivity contribution in [3.05, 3.63) is 23.8 Å². The van der Waals surface area contributed by atoms with Gasteiger partial charge in [-0.05, 0) is 18.1 Å². The van der Waals surface area contributed by atoms with Crippen LogP contribution in [0.1, 0.15) is 31.9 Å². The van der Waals surface area contributed by atoms with Gasteiger partial charge in [0.05, 0.1) is 12.7 Å². The third kappa shape index (κ3) is 2.66. The van der Waals surface area contributed by atoms with Crippen LogP contribution in [0, 0.1) is 17.8 Å². The number of benzene rings is 1. The number of carboxylic acid groups (broad SMARTS) is 1. The van der Waals surface area contributed by atoms with Gasteiger partial charge in [0.15, 0.2) is 11.5 Å². The number of para-hydroxylation sites is 1. The normalized spacial score (nSPS) is 30.1. The Balaban J connectivity index is 2.18. The Labute approximate surface area is 157 Å². The second-order valence-corrected chi connectivity index (χ2v) is 7.76. The minimum Gasteiger partial charge on any atom is -0.544 e. The predicted octanol–water partition coefficient (Wildman–Crippen LogP) is -1.22. The first-order valence-electron chi connectivity index (χ1n) is 8.90. The van der Waals surface area contributed by atoms with Crippen LogP contribution in [-0.4, -0.2) is 47.5 Å². The maximum Gasteiger partial charge on any atom is 0.239 e. The molecule has 2 amide bonds. The molecule has 0 bridgehead atoms. The number of carboxylic acids is 1. The van der Waals surface area contributed by atoms with E-state index < -0.39 is 41.2 Å². The summed E-state index contributed by atoms with van der Waals surface area (Å²) in [5.41, 5.74) is -1.20. The second kappa shape index (κ2) is 6.53. The first-order chi connectivity index (χ1) is 12.7. The van der Waals surface area contributed by atoms with Crippen LogP contribution in [0.25, 0.3) is 0 Å². The summed E-state index contributed by atoms with van der Waals surface area (Å²) in [4.78, 5) is 38.8. The molecule has 0 aromatic heterocycles. The van der Waals surface area contributed by atoms with E-state index in [1.165, 1.54) is 19.5 Å². The number of fused-ring (bicyclic) bond motifs is 1. The van der Waals surface area contributed by atoms with Gasteiger partial charge in [-0.15, -0.1) is 0 Å². The van der Waals surface area contributed by atoms with Crippen molar-refractivity contribution in [2.75, 3.05) is 14.2 Å². The number of phenolic OH excluding ortho intramolecular Hbond substituents is 1. The number of hydrogen-bond donors (Lipinski definition) is 2. The van der Waals surface area contributed by atoms with E-state index >= 15 is 0 Å². The molecule has 0 aliphatic carbocycles. The van der Waals surface area contributed by atoms with Gasteiger partial charge in [0.25, 0.3) is 0 Å². The number of hydrogen-bond acceptors (Lipinski definition) is 6. The van der Waals surface area contributed by atoms with Crippen molar-refractivity contribution < 1.29 is 34.7 Å². The van der Waals surface area contributed by atoms with Gasteiger partial charge in [0.2, 0.25) is 11.8 Å². The number of aromatic hydroxyl groups is 1. The standard InChI is InChI=1S/C19H24N2O6/c1-9(2)8-19(18(25)26)13-12(16(23)21(3)17(13)24)14(20-19)10-6-5-7-11(27-4)15(10)22/h5-7,9,12-14,20,22H,8H2,1-4H3,(H,25,26)/t12-,13+,14-,19+/m0/s1. The summed E-state index contributed by atoms with van der Waals surface area (Å²) in [6.45, 7) is 3.71. The van der Waals surface area contributed by atoms with Gasteiger partial charge in [-0.25, -0.2) is 0 Å². The quantitative estimate of drug-likeness (QED) is 0.621. The molecule has 3 N–H and O–H groups in total. The number of ether oxygens (including phenoxy) is 1. The van der Waals surface area contributed by atoms with Crippen LogP contribution < -0.4 is 15.2 Å². The van der Waals surface area contributed by atoms with Gasteiger partial charge in [0.1, 0.15) is 29.4 Å². The van der Waals surface area contributed by atoms with Crippen molar-refractivity contribution in [3.63, 3.8) is 0 Å². The molecule has 2 heterocycles. The van der Waals surface area contributed by atoms with Gasteiger partial charge in [-0.2, -0.15) is 0 Å². The molecule has 3 rings (SSSR count). The SMILES string of the molecule is COc1cccc([C@@H]2[NH2+][C@@](CC(C)C)(C(=O)[O-])[C@H]3C(=O)N(C)C(=O)[C@H]23)c1O. The summed E-state index contributed by atoms with van der Waals surface area (Å²) in [6.07, 6.45) is 0.171. The molecular weight excluding hydrogens is 352 g/mol. The van der Waals surface area contributed by atoms with Crippen molar-refractivity contribution in [2.45, 2.75) is 31.8 Å². The summed E-state index contributed by atoms with van der Waals surface area (Å²) in [7, 11) is 2.77. The molecule has 8 heteroatoms. The summed E-state index contributed by atoms with van der Waals surface area (Å²) >= 11 is 0. The Morgan fingerprint density at radius 2 is 2.04 bits per heavy atom. The van der Waals surface area contributed by atoms with Crippen LogP contribution in [0.4, 0.5) is 0 Å². The van der Waals surface area contributed by atoms with Crippen molar-refractivity contribution >= 4 is 17.8 Å². The summed E-state index contributed by atoms with van der Waals surface area (Å²) in [5.74, 6) is -4.24. The van der Waals surface area contributed by atoms with Gasteiger partial charge >= 0.3 is 0 Å². The molecule has 4 atom stereocenters. The Kier molecular flexibility index (Phi) is 4.63. The molecule has 2 fully saturated rings. The highest BCUT2D eigenvalue weighted by Gasteiger charge is 2.69. The molecule has 8 nitrogen and oxygen atoms in total. The van der Waals surface area contributed by atoms with E-state index in [-0.39, 0.29) is 23.8 Å². The number of imide groups is 1. The van der Waals surface area contributed by atoms with Gasteiger partial charge in [-0.3, -0.25) is 14.5 Å². The van der Waals surface area contributed by atoms with Crippen molar-refractivity contribution in [1.29, 1.82) is 0 Å². The van der Waals surface area contributed by atoms with Crippen LogP contribution in [-0.2, 0) is 14.4 Å². The average molecular weight is 376 g/mol. The highest BCUT2D eigenvalue weighted by atomic mass is 16.5. The number of methoxy groups -OCH3 is 1. The molecule has 2 saturated heterocycles.